The number of nitrogens with zero attached hydrogens (tertiary/aromatic N) is 2. The van der Waals surface area contributed by atoms with Crippen molar-refractivity contribution in [1.29, 1.82) is 0 Å². The number of rotatable bonds is 8. The molecule has 0 amide bonds. The van der Waals surface area contributed by atoms with Gasteiger partial charge in [-0.05, 0) is 31.2 Å². The van der Waals surface area contributed by atoms with Crippen molar-refractivity contribution in [3.63, 3.8) is 0 Å². The molecule has 3 aromatic rings. The van der Waals surface area contributed by atoms with Gasteiger partial charge in [0.05, 0.1) is 13.7 Å². The first-order valence-electron chi connectivity index (χ1n) is 7.80. The van der Waals surface area contributed by atoms with Crippen LogP contribution in [0.3, 0.4) is 0 Å². The van der Waals surface area contributed by atoms with Gasteiger partial charge in [0, 0.05) is 17.5 Å². The van der Waals surface area contributed by atoms with Crippen molar-refractivity contribution < 1.29 is 9.47 Å². The SMILES string of the molecule is COc1cccc(Nc2nnc(SCCOc3ccc(C)cc3)s2)c1. The van der Waals surface area contributed by atoms with Gasteiger partial charge in [0.1, 0.15) is 11.5 Å². The summed E-state index contributed by atoms with van der Waals surface area (Å²) in [5, 5.41) is 12.4. The van der Waals surface area contributed by atoms with Gasteiger partial charge in [-0.2, -0.15) is 0 Å². The van der Waals surface area contributed by atoms with Crippen LogP contribution in [0.4, 0.5) is 10.8 Å². The zero-order valence-electron chi connectivity index (χ0n) is 14.1. The first-order chi connectivity index (χ1) is 12.2. The number of hydrogen-bond acceptors (Lipinski definition) is 7. The van der Waals surface area contributed by atoms with Gasteiger partial charge in [-0.1, -0.05) is 46.9 Å². The molecule has 5 nitrogen and oxygen atoms in total. The quantitative estimate of drug-likeness (QED) is 0.453. The molecule has 0 saturated carbocycles. The Labute approximate surface area is 155 Å². The second kappa shape index (κ2) is 8.73. The Morgan fingerprint density at radius 1 is 1.08 bits per heavy atom. The zero-order valence-corrected chi connectivity index (χ0v) is 15.7. The van der Waals surface area contributed by atoms with Gasteiger partial charge in [-0.3, -0.25) is 0 Å². The van der Waals surface area contributed by atoms with E-state index in [0.29, 0.717) is 6.61 Å². The topological polar surface area (TPSA) is 56.3 Å². The molecular weight excluding hydrogens is 354 g/mol. The van der Waals surface area contributed by atoms with Crippen molar-refractivity contribution in [2.75, 3.05) is 24.8 Å². The van der Waals surface area contributed by atoms with Crippen LogP contribution in [-0.4, -0.2) is 29.7 Å². The van der Waals surface area contributed by atoms with E-state index in [2.05, 4.69) is 22.4 Å². The Kier molecular flexibility index (Phi) is 6.14. The number of benzene rings is 2. The summed E-state index contributed by atoms with van der Waals surface area (Å²) in [5.41, 5.74) is 2.15. The van der Waals surface area contributed by atoms with Gasteiger partial charge < -0.3 is 14.8 Å². The van der Waals surface area contributed by atoms with E-state index in [-0.39, 0.29) is 0 Å². The Balaban J connectivity index is 1.45. The third kappa shape index (κ3) is 5.37. The fraction of sp³-hybridized carbons (Fsp3) is 0.222. The Hall–Kier alpha value is -2.25. The minimum atomic E-state index is 0.631. The second-order valence-corrected chi connectivity index (χ2v) is 7.56. The van der Waals surface area contributed by atoms with Crippen LogP contribution in [0.2, 0.25) is 0 Å². The van der Waals surface area contributed by atoms with Crippen molar-refractivity contribution in [3.05, 3.63) is 54.1 Å². The summed E-state index contributed by atoms with van der Waals surface area (Å²) in [5.74, 6) is 2.52. The lowest BCUT2D eigenvalue weighted by Gasteiger charge is -2.05. The number of methoxy groups -OCH3 is 1. The minimum Gasteiger partial charge on any atom is -0.497 e. The molecule has 25 heavy (non-hydrogen) atoms. The van der Waals surface area contributed by atoms with Crippen LogP contribution in [0.25, 0.3) is 0 Å². The predicted molar refractivity (Wildman–Crippen MR) is 104 cm³/mol. The molecule has 7 heteroatoms. The highest BCUT2D eigenvalue weighted by molar-refractivity contribution is 8.01. The molecule has 2 aromatic carbocycles. The van der Waals surface area contributed by atoms with Gasteiger partial charge in [0.25, 0.3) is 0 Å². The number of aryl methyl sites for hydroxylation is 1. The second-order valence-electron chi connectivity index (χ2n) is 5.24. The highest BCUT2D eigenvalue weighted by atomic mass is 32.2. The third-order valence-corrected chi connectivity index (χ3v) is 5.26. The molecule has 1 N–H and O–H groups in total. The van der Waals surface area contributed by atoms with Crippen LogP contribution < -0.4 is 14.8 Å². The smallest absolute Gasteiger partial charge is 0.210 e. The van der Waals surface area contributed by atoms with Crippen molar-refractivity contribution in [2.45, 2.75) is 11.3 Å². The number of hydrogen-bond donors (Lipinski definition) is 1. The Morgan fingerprint density at radius 2 is 1.92 bits per heavy atom. The average Bonchev–Trinajstić information content (AvgIpc) is 3.08. The molecule has 0 atom stereocenters. The van der Waals surface area contributed by atoms with Gasteiger partial charge in [-0.25, -0.2) is 0 Å². The zero-order chi connectivity index (χ0) is 17.5. The van der Waals surface area contributed by atoms with Crippen LogP contribution in [0.15, 0.2) is 52.9 Å². The summed E-state index contributed by atoms with van der Waals surface area (Å²) >= 11 is 3.16. The molecular formula is C18H19N3O2S2. The van der Waals surface area contributed by atoms with Crippen LogP contribution in [0.5, 0.6) is 11.5 Å². The van der Waals surface area contributed by atoms with E-state index in [0.717, 1.165) is 32.4 Å². The molecule has 0 fully saturated rings. The highest BCUT2D eigenvalue weighted by Crippen LogP contribution is 2.28. The van der Waals surface area contributed by atoms with Crippen molar-refractivity contribution in [2.24, 2.45) is 0 Å². The Bertz CT molecular complexity index is 806. The van der Waals surface area contributed by atoms with Gasteiger partial charge in [0.2, 0.25) is 5.13 Å². The normalized spacial score (nSPS) is 10.5. The number of anilines is 2. The molecule has 130 valence electrons. The molecule has 0 unspecified atom stereocenters. The van der Waals surface area contributed by atoms with Crippen LogP contribution in [-0.2, 0) is 0 Å². The van der Waals surface area contributed by atoms with Crippen LogP contribution in [0, 0.1) is 6.92 Å². The lowest BCUT2D eigenvalue weighted by Crippen LogP contribution is -1.99. The standard InChI is InChI=1S/C18H19N3O2S2/c1-13-6-8-15(9-7-13)23-10-11-24-18-21-20-17(25-18)19-14-4-3-5-16(12-14)22-2/h3-9,12H,10-11H2,1-2H3,(H,19,20). The molecule has 0 spiro atoms. The van der Waals surface area contributed by atoms with Gasteiger partial charge >= 0.3 is 0 Å². The van der Waals surface area contributed by atoms with Crippen molar-refractivity contribution >= 4 is 33.9 Å². The van der Waals surface area contributed by atoms with E-state index in [9.17, 15) is 0 Å². The van der Waals surface area contributed by atoms with E-state index in [1.54, 1.807) is 18.9 Å². The third-order valence-electron chi connectivity index (χ3n) is 3.33. The molecule has 0 saturated heterocycles. The minimum absolute atomic E-state index is 0.631. The van der Waals surface area contributed by atoms with Crippen LogP contribution in [0.1, 0.15) is 5.56 Å². The van der Waals surface area contributed by atoms with Crippen LogP contribution >= 0.6 is 23.1 Å². The average molecular weight is 374 g/mol. The summed E-state index contributed by atoms with van der Waals surface area (Å²) < 4.78 is 11.8. The summed E-state index contributed by atoms with van der Waals surface area (Å²) in [7, 11) is 1.65. The molecule has 3 rings (SSSR count). The molecule has 0 radical (unpaired) electrons. The fourth-order valence-electron chi connectivity index (χ4n) is 2.07. The predicted octanol–water partition coefficient (Wildman–Crippen LogP) is 4.77. The molecule has 1 aromatic heterocycles. The van der Waals surface area contributed by atoms with Crippen molar-refractivity contribution in [1.82, 2.24) is 10.2 Å². The van der Waals surface area contributed by atoms with E-state index in [1.165, 1.54) is 16.9 Å². The molecule has 0 bridgehead atoms. The van der Waals surface area contributed by atoms with E-state index < -0.39 is 0 Å². The number of ether oxygens (including phenoxy) is 2. The number of aromatic nitrogens is 2. The molecule has 0 aliphatic carbocycles. The van der Waals surface area contributed by atoms with Gasteiger partial charge in [-0.15, -0.1) is 10.2 Å². The lowest BCUT2D eigenvalue weighted by atomic mass is 10.2. The van der Waals surface area contributed by atoms with Crippen molar-refractivity contribution in [3.8, 4) is 11.5 Å². The summed E-state index contributed by atoms with van der Waals surface area (Å²) in [6.45, 7) is 2.69. The molecule has 0 aliphatic heterocycles. The number of thioether (sulfide) groups is 1. The molecule has 1 heterocycles. The summed E-state index contributed by atoms with van der Waals surface area (Å²) in [6.07, 6.45) is 0. The maximum atomic E-state index is 5.72. The first kappa shape index (κ1) is 17.6. The monoisotopic (exact) mass is 373 g/mol. The van der Waals surface area contributed by atoms with E-state index >= 15 is 0 Å². The van der Waals surface area contributed by atoms with E-state index in [1.807, 2.05) is 48.5 Å². The summed E-state index contributed by atoms with van der Waals surface area (Å²) in [4.78, 5) is 0. The maximum Gasteiger partial charge on any atom is 0.210 e. The number of nitrogens with one attached hydrogen (secondary N) is 1. The Morgan fingerprint density at radius 3 is 2.72 bits per heavy atom. The maximum absolute atomic E-state index is 5.72. The van der Waals surface area contributed by atoms with E-state index in [4.69, 9.17) is 9.47 Å². The fourth-order valence-corrected chi connectivity index (χ4v) is 3.73. The first-order valence-corrected chi connectivity index (χ1v) is 9.60. The lowest BCUT2D eigenvalue weighted by molar-refractivity contribution is 0.344. The highest BCUT2D eigenvalue weighted by Gasteiger charge is 2.06. The largest absolute Gasteiger partial charge is 0.497 e. The molecule has 0 aliphatic rings. The van der Waals surface area contributed by atoms with Gasteiger partial charge in [0.15, 0.2) is 4.34 Å². The summed E-state index contributed by atoms with van der Waals surface area (Å²) in [6, 6.07) is 15.8.